The minimum atomic E-state index is -4.28. The standard InChI is InChI=1S/C11H11F3O/c1-8-7-10(11(12,13)14)4-3-9(8)5-6-15-2/h3-7H,1-2H3/b6-5+. The summed E-state index contributed by atoms with van der Waals surface area (Å²) in [4.78, 5) is 0. The third-order valence-electron chi connectivity index (χ3n) is 1.98. The summed E-state index contributed by atoms with van der Waals surface area (Å²) in [6.07, 6.45) is -1.24. The molecule has 1 nitrogen and oxygen atoms in total. The van der Waals surface area contributed by atoms with Gasteiger partial charge in [-0.05, 0) is 36.3 Å². The third-order valence-corrected chi connectivity index (χ3v) is 1.98. The van der Waals surface area contributed by atoms with Gasteiger partial charge >= 0.3 is 6.18 Å². The van der Waals surface area contributed by atoms with Gasteiger partial charge in [0.1, 0.15) is 0 Å². The van der Waals surface area contributed by atoms with Crippen molar-refractivity contribution >= 4 is 6.08 Å². The highest BCUT2D eigenvalue weighted by Gasteiger charge is 2.30. The van der Waals surface area contributed by atoms with E-state index in [1.807, 2.05) is 0 Å². The second kappa shape index (κ2) is 4.38. The Labute approximate surface area is 86.2 Å². The summed E-state index contributed by atoms with van der Waals surface area (Å²) in [5, 5.41) is 0. The Hall–Kier alpha value is -1.45. The van der Waals surface area contributed by atoms with Crippen LogP contribution in [0.1, 0.15) is 16.7 Å². The fourth-order valence-electron chi connectivity index (χ4n) is 1.18. The first-order chi connectivity index (χ1) is 6.95. The van der Waals surface area contributed by atoms with Gasteiger partial charge in [-0.25, -0.2) is 0 Å². The minimum Gasteiger partial charge on any atom is -0.504 e. The van der Waals surface area contributed by atoms with Gasteiger partial charge in [0.05, 0.1) is 18.9 Å². The molecule has 0 unspecified atom stereocenters. The van der Waals surface area contributed by atoms with E-state index in [9.17, 15) is 13.2 Å². The molecule has 0 spiro atoms. The first kappa shape index (κ1) is 11.6. The largest absolute Gasteiger partial charge is 0.504 e. The molecule has 0 fully saturated rings. The Morgan fingerprint density at radius 1 is 1.27 bits per heavy atom. The van der Waals surface area contributed by atoms with Crippen molar-refractivity contribution in [3.05, 3.63) is 41.2 Å². The molecule has 0 atom stereocenters. The highest BCUT2D eigenvalue weighted by molar-refractivity contribution is 5.53. The van der Waals surface area contributed by atoms with Crippen LogP contribution in [0.4, 0.5) is 13.2 Å². The lowest BCUT2D eigenvalue weighted by molar-refractivity contribution is -0.137. The molecule has 0 aromatic heterocycles. The summed E-state index contributed by atoms with van der Waals surface area (Å²) in [5.74, 6) is 0. The van der Waals surface area contributed by atoms with E-state index in [2.05, 4.69) is 0 Å². The van der Waals surface area contributed by atoms with Crippen LogP contribution in [-0.4, -0.2) is 7.11 Å². The molecule has 0 saturated carbocycles. The zero-order valence-electron chi connectivity index (χ0n) is 8.43. The molecule has 0 radical (unpaired) electrons. The number of benzene rings is 1. The average Bonchev–Trinajstić information content (AvgIpc) is 2.14. The zero-order valence-corrected chi connectivity index (χ0v) is 8.43. The van der Waals surface area contributed by atoms with Gasteiger partial charge in [-0.15, -0.1) is 0 Å². The Morgan fingerprint density at radius 3 is 2.40 bits per heavy atom. The number of aryl methyl sites for hydroxylation is 1. The Morgan fingerprint density at radius 2 is 1.93 bits per heavy atom. The van der Waals surface area contributed by atoms with Gasteiger partial charge in [-0.2, -0.15) is 13.2 Å². The summed E-state index contributed by atoms with van der Waals surface area (Å²) in [7, 11) is 1.48. The van der Waals surface area contributed by atoms with E-state index in [0.717, 1.165) is 12.1 Å². The first-order valence-electron chi connectivity index (χ1n) is 4.32. The van der Waals surface area contributed by atoms with Crippen LogP contribution in [-0.2, 0) is 10.9 Å². The number of halogens is 3. The van der Waals surface area contributed by atoms with Gasteiger partial charge in [0.15, 0.2) is 0 Å². The molecule has 0 heterocycles. The summed E-state index contributed by atoms with van der Waals surface area (Å²) >= 11 is 0. The average molecular weight is 216 g/mol. The second-order valence-corrected chi connectivity index (χ2v) is 3.11. The molecule has 0 bridgehead atoms. The number of hydrogen-bond acceptors (Lipinski definition) is 1. The molecular weight excluding hydrogens is 205 g/mol. The van der Waals surface area contributed by atoms with Crippen molar-refractivity contribution in [3.8, 4) is 0 Å². The smallest absolute Gasteiger partial charge is 0.416 e. The van der Waals surface area contributed by atoms with Gasteiger partial charge in [-0.3, -0.25) is 0 Å². The van der Waals surface area contributed by atoms with Crippen molar-refractivity contribution < 1.29 is 17.9 Å². The van der Waals surface area contributed by atoms with E-state index in [-0.39, 0.29) is 0 Å². The van der Waals surface area contributed by atoms with Gasteiger partial charge in [0.25, 0.3) is 0 Å². The predicted octanol–water partition coefficient (Wildman–Crippen LogP) is 3.63. The first-order valence-corrected chi connectivity index (χ1v) is 4.32. The Balaban J connectivity index is 3.04. The normalized spacial score (nSPS) is 12.1. The molecule has 1 aromatic carbocycles. The van der Waals surface area contributed by atoms with Crippen LogP contribution < -0.4 is 0 Å². The summed E-state index contributed by atoms with van der Waals surface area (Å²) in [6, 6.07) is 3.60. The molecule has 0 N–H and O–H groups in total. The predicted molar refractivity (Wildman–Crippen MR) is 52.2 cm³/mol. The second-order valence-electron chi connectivity index (χ2n) is 3.11. The van der Waals surface area contributed by atoms with Crippen molar-refractivity contribution in [1.82, 2.24) is 0 Å². The monoisotopic (exact) mass is 216 g/mol. The maximum Gasteiger partial charge on any atom is 0.416 e. The minimum absolute atomic E-state index is 0.568. The molecule has 0 aliphatic heterocycles. The highest BCUT2D eigenvalue weighted by Crippen LogP contribution is 2.30. The molecule has 82 valence electrons. The van der Waals surface area contributed by atoms with Gasteiger partial charge < -0.3 is 4.74 Å². The maximum absolute atomic E-state index is 12.3. The summed E-state index contributed by atoms with van der Waals surface area (Å²) in [6.45, 7) is 1.63. The SMILES string of the molecule is CO/C=C/c1ccc(C(F)(F)F)cc1C. The van der Waals surface area contributed by atoms with Crippen molar-refractivity contribution in [2.45, 2.75) is 13.1 Å². The Bertz CT molecular complexity index is 367. The van der Waals surface area contributed by atoms with E-state index in [4.69, 9.17) is 4.74 Å². The van der Waals surface area contributed by atoms with E-state index < -0.39 is 11.7 Å². The quantitative estimate of drug-likeness (QED) is 0.686. The molecule has 0 amide bonds. The van der Waals surface area contributed by atoms with Crippen LogP contribution in [0.3, 0.4) is 0 Å². The lowest BCUT2D eigenvalue weighted by Crippen LogP contribution is -2.05. The lowest BCUT2D eigenvalue weighted by atomic mass is 10.0. The maximum atomic E-state index is 12.3. The molecule has 1 aromatic rings. The third kappa shape index (κ3) is 3.01. The molecule has 0 aliphatic carbocycles. The van der Waals surface area contributed by atoms with Crippen molar-refractivity contribution in [2.24, 2.45) is 0 Å². The summed E-state index contributed by atoms with van der Waals surface area (Å²) < 4.78 is 41.6. The van der Waals surface area contributed by atoms with Gasteiger partial charge in [0.2, 0.25) is 0 Å². The number of hydrogen-bond donors (Lipinski definition) is 0. The molecule has 15 heavy (non-hydrogen) atoms. The van der Waals surface area contributed by atoms with Crippen LogP contribution in [0.25, 0.3) is 6.08 Å². The van der Waals surface area contributed by atoms with Crippen molar-refractivity contribution in [3.63, 3.8) is 0 Å². The van der Waals surface area contributed by atoms with Gasteiger partial charge in [0, 0.05) is 0 Å². The fourth-order valence-corrected chi connectivity index (χ4v) is 1.18. The lowest BCUT2D eigenvalue weighted by Gasteiger charge is -2.08. The summed E-state index contributed by atoms with van der Waals surface area (Å²) in [5.41, 5.74) is 0.651. The van der Waals surface area contributed by atoms with Crippen molar-refractivity contribution in [1.29, 1.82) is 0 Å². The van der Waals surface area contributed by atoms with Crippen LogP contribution in [0.2, 0.25) is 0 Å². The zero-order chi connectivity index (χ0) is 11.5. The van der Waals surface area contributed by atoms with Crippen LogP contribution in [0.15, 0.2) is 24.5 Å². The van der Waals surface area contributed by atoms with E-state index in [0.29, 0.717) is 11.1 Å². The Kier molecular flexibility index (Phi) is 3.39. The van der Waals surface area contributed by atoms with Gasteiger partial charge in [-0.1, -0.05) is 6.07 Å². The fraction of sp³-hybridized carbons (Fsp3) is 0.273. The topological polar surface area (TPSA) is 9.23 Å². The molecule has 4 heteroatoms. The number of alkyl halides is 3. The molecule has 1 rings (SSSR count). The van der Waals surface area contributed by atoms with E-state index in [1.165, 1.54) is 19.4 Å². The highest BCUT2D eigenvalue weighted by atomic mass is 19.4. The van der Waals surface area contributed by atoms with Crippen LogP contribution in [0, 0.1) is 6.92 Å². The molecule has 0 saturated heterocycles. The van der Waals surface area contributed by atoms with Crippen molar-refractivity contribution in [2.75, 3.05) is 7.11 Å². The van der Waals surface area contributed by atoms with Crippen LogP contribution in [0.5, 0.6) is 0 Å². The molecular formula is C11H11F3O. The number of rotatable bonds is 2. The number of methoxy groups -OCH3 is 1. The van der Waals surface area contributed by atoms with E-state index >= 15 is 0 Å². The number of ether oxygens (including phenoxy) is 1. The molecule has 0 aliphatic rings. The van der Waals surface area contributed by atoms with Crippen LogP contribution >= 0.6 is 0 Å². The van der Waals surface area contributed by atoms with E-state index in [1.54, 1.807) is 13.0 Å².